The van der Waals surface area contributed by atoms with Gasteiger partial charge in [-0.2, -0.15) is 0 Å². The van der Waals surface area contributed by atoms with Gasteiger partial charge in [-0.05, 0) is 26.8 Å². The zero-order chi connectivity index (χ0) is 13.5. The molecule has 0 spiro atoms. The fourth-order valence-corrected chi connectivity index (χ4v) is 2.30. The van der Waals surface area contributed by atoms with Crippen LogP contribution in [0.4, 0.5) is 4.39 Å². The minimum absolute atomic E-state index is 0.216. The van der Waals surface area contributed by atoms with Crippen LogP contribution in [0, 0.1) is 17.2 Å². The van der Waals surface area contributed by atoms with E-state index in [9.17, 15) is 14.0 Å². The Kier molecular flexibility index (Phi) is 2.97. The van der Waals surface area contributed by atoms with Crippen LogP contribution < -0.4 is 0 Å². The van der Waals surface area contributed by atoms with Crippen LogP contribution >= 0.6 is 0 Å². The minimum atomic E-state index is -0.921. The summed E-state index contributed by atoms with van der Waals surface area (Å²) in [7, 11) is 0. The summed E-state index contributed by atoms with van der Waals surface area (Å²) in [5.74, 6) is -2.06. The second kappa shape index (κ2) is 4.19. The fraction of sp³-hybridized carbons (Fsp3) is 0.429. The molecule has 1 aromatic rings. The number of rotatable bonds is 1. The quantitative estimate of drug-likeness (QED) is 0.568. The maximum Gasteiger partial charge on any atom is 0.316 e. The van der Waals surface area contributed by atoms with E-state index in [2.05, 4.69) is 0 Å². The summed E-state index contributed by atoms with van der Waals surface area (Å²) in [6.07, 6.45) is -0.866. The molecule has 0 radical (unpaired) electrons. The van der Waals surface area contributed by atoms with Gasteiger partial charge in [-0.25, -0.2) is 4.39 Å². The molecule has 0 bridgehead atoms. The average molecular weight is 250 g/mol. The molecule has 1 aliphatic rings. The normalized spacial score (nSPS) is 26.9. The third-order valence-corrected chi connectivity index (χ3v) is 3.46. The Hall–Kier alpha value is -1.71. The van der Waals surface area contributed by atoms with Gasteiger partial charge in [-0.15, -0.1) is 0 Å². The van der Waals surface area contributed by atoms with E-state index in [1.807, 2.05) is 0 Å². The lowest BCUT2D eigenvalue weighted by atomic mass is 9.73. The van der Waals surface area contributed by atoms with Crippen molar-refractivity contribution in [3.05, 3.63) is 35.6 Å². The number of carbonyl (C=O) groups is 2. The summed E-state index contributed by atoms with van der Waals surface area (Å²) in [5, 5.41) is 0. The van der Waals surface area contributed by atoms with Crippen LogP contribution in [-0.2, 0) is 14.3 Å². The van der Waals surface area contributed by atoms with E-state index >= 15 is 0 Å². The molecule has 1 fully saturated rings. The van der Waals surface area contributed by atoms with Crippen LogP contribution in [0.3, 0.4) is 0 Å². The Labute approximate surface area is 105 Å². The molecule has 1 aromatic carbocycles. The Balaban J connectivity index is 2.48. The van der Waals surface area contributed by atoms with Crippen molar-refractivity contribution in [1.29, 1.82) is 0 Å². The third kappa shape index (κ3) is 1.82. The van der Waals surface area contributed by atoms with E-state index in [0.717, 1.165) is 0 Å². The lowest BCUT2D eigenvalue weighted by Gasteiger charge is -2.39. The maximum atomic E-state index is 13.8. The van der Waals surface area contributed by atoms with Gasteiger partial charge in [0, 0.05) is 5.56 Å². The number of Topliss-reactive ketones (excluding diaryl/α,β-unsaturated/α-hetero) is 1. The van der Waals surface area contributed by atoms with Crippen molar-refractivity contribution in [2.24, 2.45) is 11.3 Å². The van der Waals surface area contributed by atoms with E-state index < -0.39 is 29.2 Å². The molecule has 0 amide bonds. The zero-order valence-corrected chi connectivity index (χ0v) is 10.6. The van der Waals surface area contributed by atoms with Gasteiger partial charge in [0.2, 0.25) is 0 Å². The molecule has 0 N–H and O–H groups in total. The molecule has 0 saturated carbocycles. The zero-order valence-electron chi connectivity index (χ0n) is 10.6. The molecule has 18 heavy (non-hydrogen) atoms. The smallest absolute Gasteiger partial charge is 0.316 e. The van der Waals surface area contributed by atoms with E-state index in [1.165, 1.54) is 19.1 Å². The molecule has 96 valence electrons. The highest BCUT2D eigenvalue weighted by Gasteiger charge is 2.49. The minimum Gasteiger partial charge on any atom is -0.456 e. The first-order chi connectivity index (χ1) is 8.35. The molecule has 4 heteroatoms. The third-order valence-electron chi connectivity index (χ3n) is 3.46. The topological polar surface area (TPSA) is 43.4 Å². The standard InChI is InChI=1S/C14H15FO3/c1-8-11(16)14(2,3)12(18-13(8)17)9-6-4-5-7-10(9)15/h4-8,12H,1-3H3/t8-,12+/m1/s1. The van der Waals surface area contributed by atoms with Gasteiger partial charge in [-0.1, -0.05) is 18.2 Å². The lowest BCUT2D eigenvalue weighted by molar-refractivity contribution is -0.177. The second-order valence-electron chi connectivity index (χ2n) is 5.15. The highest BCUT2D eigenvalue weighted by atomic mass is 19.1. The van der Waals surface area contributed by atoms with Crippen molar-refractivity contribution >= 4 is 11.8 Å². The van der Waals surface area contributed by atoms with Gasteiger partial charge in [0.25, 0.3) is 0 Å². The van der Waals surface area contributed by atoms with E-state index in [0.29, 0.717) is 0 Å². The number of carbonyl (C=O) groups excluding carboxylic acids is 2. The van der Waals surface area contributed by atoms with Gasteiger partial charge < -0.3 is 4.74 Å². The Morgan fingerprint density at radius 2 is 1.83 bits per heavy atom. The Bertz CT molecular complexity index is 508. The van der Waals surface area contributed by atoms with Gasteiger partial charge in [-0.3, -0.25) is 9.59 Å². The molecule has 1 heterocycles. The summed E-state index contributed by atoms with van der Waals surface area (Å²) >= 11 is 0. The second-order valence-corrected chi connectivity index (χ2v) is 5.15. The first-order valence-electron chi connectivity index (χ1n) is 5.85. The van der Waals surface area contributed by atoms with Crippen molar-refractivity contribution in [2.75, 3.05) is 0 Å². The van der Waals surface area contributed by atoms with Crippen molar-refractivity contribution < 1.29 is 18.7 Å². The average Bonchev–Trinajstić information content (AvgIpc) is 2.33. The molecular formula is C14H15FO3. The summed E-state index contributed by atoms with van der Waals surface area (Å²) < 4.78 is 19.0. The summed E-state index contributed by atoms with van der Waals surface area (Å²) in [5.41, 5.74) is -0.675. The number of ketones is 1. The predicted octanol–water partition coefficient (Wildman–Crippen LogP) is 2.66. The van der Waals surface area contributed by atoms with E-state index in [-0.39, 0.29) is 11.3 Å². The molecule has 1 saturated heterocycles. The lowest BCUT2D eigenvalue weighted by Crippen LogP contribution is -2.46. The van der Waals surface area contributed by atoms with Crippen molar-refractivity contribution in [1.82, 2.24) is 0 Å². The van der Waals surface area contributed by atoms with Crippen molar-refractivity contribution in [3.8, 4) is 0 Å². The van der Waals surface area contributed by atoms with Crippen LogP contribution in [-0.4, -0.2) is 11.8 Å². The monoisotopic (exact) mass is 250 g/mol. The summed E-state index contributed by atoms with van der Waals surface area (Å²) in [6.45, 7) is 4.87. The largest absolute Gasteiger partial charge is 0.456 e. The first kappa shape index (κ1) is 12.7. The number of cyclic esters (lactones) is 1. The number of benzene rings is 1. The fourth-order valence-electron chi connectivity index (χ4n) is 2.30. The molecule has 3 nitrogen and oxygen atoms in total. The maximum absolute atomic E-state index is 13.8. The van der Waals surface area contributed by atoms with Crippen LogP contribution in [0.2, 0.25) is 0 Å². The molecule has 0 unspecified atom stereocenters. The van der Waals surface area contributed by atoms with Gasteiger partial charge in [0.15, 0.2) is 5.78 Å². The molecule has 1 aliphatic heterocycles. The van der Waals surface area contributed by atoms with Crippen LogP contribution in [0.5, 0.6) is 0 Å². The van der Waals surface area contributed by atoms with Gasteiger partial charge in [0.1, 0.15) is 17.8 Å². The van der Waals surface area contributed by atoms with Gasteiger partial charge >= 0.3 is 5.97 Å². The molecule has 2 rings (SSSR count). The van der Waals surface area contributed by atoms with Gasteiger partial charge in [0.05, 0.1) is 5.41 Å². The van der Waals surface area contributed by atoms with E-state index in [1.54, 1.807) is 26.0 Å². The number of halogens is 1. The van der Waals surface area contributed by atoms with Crippen LogP contribution in [0.25, 0.3) is 0 Å². The van der Waals surface area contributed by atoms with Crippen molar-refractivity contribution in [3.63, 3.8) is 0 Å². The molecule has 0 aromatic heterocycles. The van der Waals surface area contributed by atoms with Crippen molar-refractivity contribution in [2.45, 2.75) is 26.9 Å². The number of hydrogen-bond donors (Lipinski definition) is 0. The molecule has 2 atom stereocenters. The summed E-state index contributed by atoms with van der Waals surface area (Å²) in [4.78, 5) is 23.8. The SMILES string of the molecule is C[C@H]1C(=O)O[C@@H](c2ccccc2F)C(C)(C)C1=O. The first-order valence-corrected chi connectivity index (χ1v) is 5.85. The number of esters is 1. The predicted molar refractivity (Wildman–Crippen MR) is 63.2 cm³/mol. The Morgan fingerprint density at radius 3 is 2.44 bits per heavy atom. The highest BCUT2D eigenvalue weighted by Crippen LogP contribution is 2.44. The Morgan fingerprint density at radius 1 is 1.22 bits per heavy atom. The molecule has 0 aliphatic carbocycles. The van der Waals surface area contributed by atoms with Crippen LogP contribution in [0.15, 0.2) is 24.3 Å². The van der Waals surface area contributed by atoms with E-state index in [4.69, 9.17) is 4.74 Å². The summed E-state index contributed by atoms with van der Waals surface area (Å²) in [6, 6.07) is 6.05. The number of ether oxygens (including phenoxy) is 1. The molecular weight excluding hydrogens is 235 g/mol. The highest BCUT2D eigenvalue weighted by molar-refractivity contribution is 6.03. The number of hydrogen-bond acceptors (Lipinski definition) is 3. The van der Waals surface area contributed by atoms with Crippen LogP contribution in [0.1, 0.15) is 32.4 Å².